The van der Waals surface area contributed by atoms with Crippen LogP contribution in [0.5, 0.6) is 23.0 Å². The normalized spacial score (nSPS) is 32.0. The highest BCUT2D eigenvalue weighted by Gasteiger charge is 2.46. The molecule has 15 heteroatoms. The zero-order valence-corrected chi connectivity index (χ0v) is 25.8. The Hall–Kier alpha value is -3.25. The first kappa shape index (κ1) is 35.6. The van der Waals surface area contributed by atoms with E-state index >= 15 is 0 Å². The molecular formula is C31H42O15. The molecule has 2 aromatic rings. The van der Waals surface area contributed by atoms with E-state index in [4.69, 9.17) is 33.2 Å². The number of carbonyl (C=O) groups is 1. The largest absolute Gasteiger partial charge is 0.508 e. The molecule has 2 saturated heterocycles. The average molecular weight is 655 g/mol. The van der Waals surface area contributed by atoms with Crippen molar-refractivity contribution in [2.75, 3.05) is 20.8 Å². The summed E-state index contributed by atoms with van der Waals surface area (Å²) in [7, 11) is 2.59. The molecule has 2 heterocycles. The molecule has 0 bridgehead atoms. The maximum atomic E-state index is 13.1. The summed E-state index contributed by atoms with van der Waals surface area (Å²) in [5.74, 6) is -0.834. The van der Waals surface area contributed by atoms with Gasteiger partial charge in [0.15, 0.2) is 17.8 Å². The van der Waals surface area contributed by atoms with Gasteiger partial charge in [-0.2, -0.15) is 0 Å². The van der Waals surface area contributed by atoms with Crippen molar-refractivity contribution in [2.24, 2.45) is 0 Å². The number of carbonyl (C=O) groups excluding carboxylic acids is 1. The van der Waals surface area contributed by atoms with Crippen LogP contribution in [0.15, 0.2) is 36.4 Å². The number of hydrogen-bond donors (Lipinski definition) is 7. The highest BCUT2D eigenvalue weighted by Crippen LogP contribution is 2.41. The fourth-order valence-electron chi connectivity index (χ4n) is 5.08. The van der Waals surface area contributed by atoms with Crippen molar-refractivity contribution in [3.05, 3.63) is 47.5 Å². The Balaban J connectivity index is 1.39. The van der Waals surface area contributed by atoms with Gasteiger partial charge in [-0.1, -0.05) is 12.1 Å². The smallest absolute Gasteiger partial charge is 0.338 e. The zero-order valence-electron chi connectivity index (χ0n) is 25.8. The number of rotatable bonds is 12. The van der Waals surface area contributed by atoms with Crippen LogP contribution in [0, 0.1) is 0 Å². The molecule has 0 saturated carbocycles. The van der Waals surface area contributed by atoms with Gasteiger partial charge in [-0.05, 0) is 56.5 Å². The van der Waals surface area contributed by atoms with E-state index in [2.05, 4.69) is 0 Å². The molecule has 2 aliphatic rings. The van der Waals surface area contributed by atoms with E-state index in [1.807, 2.05) is 0 Å². The summed E-state index contributed by atoms with van der Waals surface area (Å²) in [4.78, 5) is 13.1. The fourth-order valence-corrected chi connectivity index (χ4v) is 5.08. The van der Waals surface area contributed by atoms with Gasteiger partial charge in [0.05, 0.1) is 32.0 Å². The molecule has 0 spiro atoms. The predicted octanol–water partition coefficient (Wildman–Crippen LogP) is -0.382. The standard InChI is InChI=1S/C31H42O15/c1-14(5-6-16-7-9-18(32)10-8-16)43-30-27(38)25(36)23(34)21(45-30)13-42-29(39)17-11-19(40-3)28(20(12-17)41-4)46-31-26(37)24(35)22(33)15(2)44-31/h7-12,14-15,21-27,30-38H,5-6,13H2,1-4H3. The molecule has 256 valence electrons. The quantitative estimate of drug-likeness (QED) is 0.145. The van der Waals surface area contributed by atoms with Gasteiger partial charge in [0.2, 0.25) is 12.0 Å². The molecule has 15 nitrogen and oxygen atoms in total. The number of phenolic OH excluding ortho intramolecular Hbond substituents is 1. The van der Waals surface area contributed by atoms with Crippen LogP contribution in [-0.4, -0.2) is 130 Å². The van der Waals surface area contributed by atoms with E-state index in [1.54, 1.807) is 31.2 Å². The number of aliphatic hydroxyl groups is 6. The maximum absolute atomic E-state index is 13.1. The molecular weight excluding hydrogens is 612 g/mol. The van der Waals surface area contributed by atoms with E-state index in [0.717, 1.165) is 5.56 Å². The second-order valence-corrected chi connectivity index (χ2v) is 11.3. The number of methoxy groups -OCH3 is 2. The first-order valence-corrected chi connectivity index (χ1v) is 14.8. The molecule has 0 aliphatic carbocycles. The van der Waals surface area contributed by atoms with Gasteiger partial charge >= 0.3 is 5.97 Å². The van der Waals surface area contributed by atoms with Gasteiger partial charge in [0.1, 0.15) is 55.1 Å². The molecule has 0 radical (unpaired) electrons. The third kappa shape index (κ3) is 8.17. The van der Waals surface area contributed by atoms with E-state index in [1.165, 1.54) is 33.3 Å². The number of aromatic hydroxyl groups is 1. The third-order valence-electron chi connectivity index (χ3n) is 7.93. The lowest BCUT2D eigenvalue weighted by Crippen LogP contribution is -2.59. The van der Waals surface area contributed by atoms with Crippen LogP contribution < -0.4 is 14.2 Å². The molecule has 46 heavy (non-hydrogen) atoms. The topological polar surface area (TPSA) is 223 Å². The number of phenols is 1. The first-order valence-electron chi connectivity index (χ1n) is 14.8. The van der Waals surface area contributed by atoms with E-state index in [-0.39, 0.29) is 28.6 Å². The maximum Gasteiger partial charge on any atom is 0.338 e. The molecule has 2 fully saturated rings. The summed E-state index contributed by atoms with van der Waals surface area (Å²) in [5, 5.41) is 71.3. The molecule has 11 atom stereocenters. The van der Waals surface area contributed by atoms with Crippen LogP contribution in [0.1, 0.15) is 36.2 Å². The lowest BCUT2D eigenvalue weighted by molar-refractivity contribution is -0.310. The summed E-state index contributed by atoms with van der Waals surface area (Å²) < 4.78 is 38.8. The molecule has 2 aromatic carbocycles. The Morgan fingerprint density at radius 1 is 0.826 bits per heavy atom. The number of esters is 1. The summed E-state index contributed by atoms with van der Waals surface area (Å²) in [6.45, 7) is 2.73. The molecule has 4 rings (SSSR count). The van der Waals surface area contributed by atoms with Gasteiger partial charge in [-0.25, -0.2) is 4.79 Å². The van der Waals surface area contributed by atoms with Gasteiger partial charge in [0.25, 0.3) is 0 Å². The van der Waals surface area contributed by atoms with E-state index < -0.39 is 80.1 Å². The minimum Gasteiger partial charge on any atom is -0.508 e. The lowest BCUT2D eigenvalue weighted by Gasteiger charge is -2.40. The molecule has 7 N–H and O–H groups in total. The Labute approximate surface area is 265 Å². The second kappa shape index (κ2) is 15.6. The number of hydrogen-bond acceptors (Lipinski definition) is 15. The monoisotopic (exact) mass is 654 g/mol. The number of aliphatic hydroxyl groups excluding tert-OH is 6. The highest BCUT2D eigenvalue weighted by atomic mass is 16.7. The minimum absolute atomic E-state index is 0.0161. The van der Waals surface area contributed by atoms with E-state index in [0.29, 0.717) is 12.8 Å². The van der Waals surface area contributed by atoms with Crippen LogP contribution in [-0.2, 0) is 25.4 Å². The SMILES string of the molecule is COc1cc(C(=O)OCC2OC(OC(C)CCc3ccc(O)cc3)C(O)C(O)C2O)cc(OC)c1OC1OC(C)C(O)C(O)C1O. The Morgan fingerprint density at radius 2 is 1.41 bits per heavy atom. The lowest BCUT2D eigenvalue weighted by atomic mass is 9.99. The number of ether oxygens (including phenoxy) is 7. The van der Waals surface area contributed by atoms with Gasteiger partial charge in [0, 0.05) is 0 Å². The van der Waals surface area contributed by atoms with Gasteiger partial charge < -0.3 is 68.9 Å². The minimum atomic E-state index is -1.65. The molecule has 0 amide bonds. The van der Waals surface area contributed by atoms with Crippen molar-refractivity contribution >= 4 is 5.97 Å². The van der Waals surface area contributed by atoms with Gasteiger partial charge in [-0.15, -0.1) is 0 Å². The van der Waals surface area contributed by atoms with Crippen molar-refractivity contribution in [2.45, 2.75) is 94.2 Å². The van der Waals surface area contributed by atoms with Gasteiger partial charge in [-0.3, -0.25) is 0 Å². The van der Waals surface area contributed by atoms with Crippen molar-refractivity contribution in [1.29, 1.82) is 0 Å². The predicted molar refractivity (Wildman–Crippen MR) is 156 cm³/mol. The number of benzene rings is 2. The molecule has 2 aliphatic heterocycles. The van der Waals surface area contributed by atoms with Crippen molar-refractivity contribution in [3.8, 4) is 23.0 Å². The Bertz CT molecular complexity index is 1260. The first-order chi connectivity index (χ1) is 21.8. The Kier molecular flexibility index (Phi) is 12.0. The third-order valence-corrected chi connectivity index (χ3v) is 7.93. The van der Waals surface area contributed by atoms with Crippen LogP contribution >= 0.6 is 0 Å². The second-order valence-electron chi connectivity index (χ2n) is 11.3. The molecule has 0 aromatic heterocycles. The van der Waals surface area contributed by atoms with Crippen LogP contribution in [0.3, 0.4) is 0 Å². The van der Waals surface area contributed by atoms with Crippen LogP contribution in [0.2, 0.25) is 0 Å². The summed E-state index contributed by atoms with van der Waals surface area (Å²) in [6, 6.07) is 9.23. The van der Waals surface area contributed by atoms with Crippen molar-refractivity contribution in [1.82, 2.24) is 0 Å². The highest BCUT2D eigenvalue weighted by molar-refractivity contribution is 5.91. The summed E-state index contributed by atoms with van der Waals surface area (Å²) >= 11 is 0. The van der Waals surface area contributed by atoms with Crippen LogP contribution in [0.4, 0.5) is 0 Å². The average Bonchev–Trinajstić information content (AvgIpc) is 3.05. The van der Waals surface area contributed by atoms with E-state index in [9.17, 15) is 40.5 Å². The molecule has 11 unspecified atom stereocenters. The summed E-state index contributed by atoms with van der Waals surface area (Å²) in [6.07, 6.45) is -13.5. The van der Waals surface area contributed by atoms with Crippen molar-refractivity contribution in [3.63, 3.8) is 0 Å². The Morgan fingerprint density at radius 3 is 2.02 bits per heavy atom. The van der Waals surface area contributed by atoms with Crippen LogP contribution in [0.25, 0.3) is 0 Å². The summed E-state index contributed by atoms with van der Waals surface area (Å²) in [5.41, 5.74) is 0.899. The van der Waals surface area contributed by atoms with Crippen molar-refractivity contribution < 1.29 is 73.7 Å². The number of aryl methyl sites for hydroxylation is 1. The zero-order chi connectivity index (χ0) is 33.7. The fraction of sp³-hybridized carbons (Fsp3) is 0.581.